The Labute approximate surface area is 161 Å². The summed E-state index contributed by atoms with van der Waals surface area (Å²) in [5, 5.41) is 9.09. The molecule has 3 aromatic rings. The molecule has 0 N–H and O–H groups in total. The molecule has 5 heteroatoms. The minimum absolute atomic E-state index is 0.101. The summed E-state index contributed by atoms with van der Waals surface area (Å²) in [7, 11) is 0. The lowest BCUT2D eigenvalue weighted by Crippen LogP contribution is -2.27. The van der Waals surface area contributed by atoms with Gasteiger partial charge in [0, 0.05) is 17.0 Å². The van der Waals surface area contributed by atoms with Gasteiger partial charge >= 0.3 is 0 Å². The Kier molecular flexibility index (Phi) is 4.66. The van der Waals surface area contributed by atoms with E-state index in [4.69, 9.17) is 23.2 Å². The molecule has 0 saturated heterocycles. The van der Waals surface area contributed by atoms with Crippen molar-refractivity contribution in [3.8, 4) is 0 Å². The summed E-state index contributed by atoms with van der Waals surface area (Å²) in [6, 6.07) is 21.7. The minimum atomic E-state index is -0.207. The van der Waals surface area contributed by atoms with Crippen LogP contribution in [0, 0.1) is 0 Å². The zero-order valence-corrected chi connectivity index (χ0v) is 15.4. The molecule has 0 bridgehead atoms. The van der Waals surface area contributed by atoms with Gasteiger partial charge in [0.1, 0.15) is 5.88 Å². The van der Waals surface area contributed by atoms with Crippen LogP contribution in [-0.4, -0.2) is 22.5 Å². The van der Waals surface area contributed by atoms with E-state index in [0.717, 1.165) is 27.6 Å². The molecule has 3 nitrogen and oxygen atoms in total. The van der Waals surface area contributed by atoms with E-state index in [-0.39, 0.29) is 17.8 Å². The summed E-state index contributed by atoms with van der Waals surface area (Å²) in [6.45, 7) is 0. The zero-order valence-electron chi connectivity index (χ0n) is 13.9. The number of nitrogens with zero attached hydrogens (tertiary/aromatic N) is 2. The molecule has 1 aliphatic rings. The van der Waals surface area contributed by atoms with Gasteiger partial charge in [0.15, 0.2) is 0 Å². The first-order valence-electron chi connectivity index (χ1n) is 8.36. The number of carbonyl (C=O) groups is 1. The Bertz CT molecular complexity index is 993. The molecule has 4 rings (SSSR count). The van der Waals surface area contributed by atoms with E-state index < -0.39 is 0 Å². The highest BCUT2D eigenvalue weighted by Crippen LogP contribution is 2.35. The normalized spacial score (nSPS) is 16.8. The number of hydrogen-bond acceptors (Lipinski definition) is 2. The highest BCUT2D eigenvalue weighted by Gasteiger charge is 2.33. The molecule has 0 aliphatic carbocycles. The number of fused-ring (bicyclic) bond motifs is 1. The molecule has 0 spiro atoms. The molecule has 0 radical (unpaired) electrons. The first-order chi connectivity index (χ1) is 12.7. The Morgan fingerprint density at radius 1 is 1.04 bits per heavy atom. The van der Waals surface area contributed by atoms with Crippen LogP contribution in [0.3, 0.4) is 0 Å². The summed E-state index contributed by atoms with van der Waals surface area (Å²) in [4.78, 5) is 12.4. The Hall–Kier alpha value is -2.36. The van der Waals surface area contributed by atoms with Crippen molar-refractivity contribution < 1.29 is 4.79 Å². The smallest absolute Gasteiger partial charge is 0.258 e. The average Bonchev–Trinajstić information content (AvgIpc) is 3.12. The zero-order chi connectivity index (χ0) is 18.1. The quantitative estimate of drug-likeness (QED) is 0.557. The van der Waals surface area contributed by atoms with Gasteiger partial charge in [-0.25, -0.2) is 5.01 Å². The topological polar surface area (TPSA) is 32.7 Å². The second kappa shape index (κ2) is 7.10. The van der Waals surface area contributed by atoms with Gasteiger partial charge < -0.3 is 0 Å². The maximum absolute atomic E-state index is 12.4. The van der Waals surface area contributed by atoms with Crippen LogP contribution < -0.4 is 0 Å². The lowest BCUT2D eigenvalue weighted by Gasteiger charge is -2.21. The van der Waals surface area contributed by atoms with Crippen molar-refractivity contribution in [1.82, 2.24) is 5.01 Å². The van der Waals surface area contributed by atoms with E-state index in [2.05, 4.69) is 29.4 Å². The maximum Gasteiger partial charge on any atom is 0.258 e. The number of carbonyl (C=O) groups excluding carboxylic acids is 1. The van der Waals surface area contributed by atoms with Crippen LogP contribution in [-0.2, 0) is 4.79 Å². The SMILES string of the molecule is O=C(CCl)N1N=C(c2cccc3ccccc23)CC1c1ccc(Cl)cc1. The van der Waals surface area contributed by atoms with Crippen LogP contribution in [0.25, 0.3) is 10.8 Å². The fraction of sp³-hybridized carbons (Fsp3) is 0.143. The Morgan fingerprint density at radius 2 is 1.77 bits per heavy atom. The Morgan fingerprint density at radius 3 is 2.54 bits per heavy atom. The van der Waals surface area contributed by atoms with Gasteiger partial charge in [-0.15, -0.1) is 11.6 Å². The fourth-order valence-corrected chi connectivity index (χ4v) is 3.63. The molecule has 130 valence electrons. The standard InChI is InChI=1S/C21H16Cl2N2O/c22-13-21(26)25-20(15-8-10-16(23)11-9-15)12-19(24-25)18-7-3-5-14-4-1-2-6-17(14)18/h1-11,20H,12-13H2. The van der Waals surface area contributed by atoms with Crippen LogP contribution >= 0.6 is 23.2 Å². The Balaban J connectivity index is 1.77. The summed E-state index contributed by atoms with van der Waals surface area (Å²) in [5.74, 6) is -0.307. The van der Waals surface area contributed by atoms with Crippen molar-refractivity contribution in [3.05, 3.63) is 82.9 Å². The predicted molar refractivity (Wildman–Crippen MR) is 107 cm³/mol. The molecule has 1 amide bonds. The van der Waals surface area contributed by atoms with Gasteiger partial charge in [0.2, 0.25) is 0 Å². The number of rotatable bonds is 3. The molecule has 26 heavy (non-hydrogen) atoms. The molecule has 1 heterocycles. The molecule has 1 unspecified atom stereocenters. The summed E-state index contributed by atoms with van der Waals surface area (Å²) in [5.41, 5.74) is 2.93. The van der Waals surface area contributed by atoms with E-state index in [1.165, 1.54) is 5.01 Å². The molecule has 0 saturated carbocycles. The number of amides is 1. The van der Waals surface area contributed by atoms with Crippen molar-refractivity contribution >= 4 is 45.6 Å². The van der Waals surface area contributed by atoms with Gasteiger partial charge in [-0.1, -0.05) is 66.2 Å². The molecule has 0 aromatic heterocycles. The molecule has 1 aliphatic heterocycles. The van der Waals surface area contributed by atoms with Gasteiger partial charge in [-0.2, -0.15) is 5.10 Å². The van der Waals surface area contributed by atoms with Gasteiger partial charge in [-0.05, 0) is 28.5 Å². The van der Waals surface area contributed by atoms with E-state index in [1.807, 2.05) is 42.5 Å². The lowest BCUT2D eigenvalue weighted by molar-refractivity contribution is -0.130. The highest BCUT2D eigenvalue weighted by atomic mass is 35.5. The van der Waals surface area contributed by atoms with Crippen LogP contribution in [0.2, 0.25) is 5.02 Å². The summed E-state index contributed by atoms with van der Waals surface area (Å²) >= 11 is 11.8. The fourth-order valence-electron chi connectivity index (χ4n) is 3.39. The van der Waals surface area contributed by atoms with Crippen molar-refractivity contribution in [3.63, 3.8) is 0 Å². The van der Waals surface area contributed by atoms with Gasteiger partial charge in [0.25, 0.3) is 5.91 Å². The monoisotopic (exact) mass is 382 g/mol. The van der Waals surface area contributed by atoms with E-state index >= 15 is 0 Å². The average molecular weight is 383 g/mol. The number of hydrogen-bond donors (Lipinski definition) is 0. The third-order valence-corrected chi connectivity index (χ3v) is 5.12. The molecule has 3 aromatic carbocycles. The third-order valence-electron chi connectivity index (χ3n) is 4.64. The van der Waals surface area contributed by atoms with E-state index in [0.29, 0.717) is 11.4 Å². The second-order valence-electron chi connectivity index (χ2n) is 6.22. The molecule has 0 fully saturated rings. The highest BCUT2D eigenvalue weighted by molar-refractivity contribution is 6.30. The first kappa shape index (κ1) is 17.1. The van der Waals surface area contributed by atoms with Crippen LogP contribution in [0.5, 0.6) is 0 Å². The van der Waals surface area contributed by atoms with Gasteiger partial charge in [-0.3, -0.25) is 4.79 Å². The van der Waals surface area contributed by atoms with Crippen LogP contribution in [0.4, 0.5) is 0 Å². The molecular formula is C21H16Cl2N2O. The van der Waals surface area contributed by atoms with E-state index in [9.17, 15) is 4.79 Å². The van der Waals surface area contributed by atoms with Crippen molar-refractivity contribution in [1.29, 1.82) is 0 Å². The number of hydrazone groups is 1. The number of halogens is 2. The minimum Gasteiger partial charge on any atom is -0.272 e. The number of alkyl halides is 1. The molecular weight excluding hydrogens is 367 g/mol. The largest absolute Gasteiger partial charge is 0.272 e. The first-order valence-corrected chi connectivity index (χ1v) is 9.28. The van der Waals surface area contributed by atoms with Gasteiger partial charge in [0.05, 0.1) is 11.8 Å². The summed E-state index contributed by atoms with van der Waals surface area (Å²) in [6.07, 6.45) is 0.637. The van der Waals surface area contributed by atoms with Crippen molar-refractivity contribution in [2.24, 2.45) is 5.10 Å². The van der Waals surface area contributed by atoms with E-state index in [1.54, 1.807) is 0 Å². The predicted octanol–water partition coefficient (Wildman–Crippen LogP) is 5.41. The lowest BCUT2D eigenvalue weighted by atomic mass is 9.95. The second-order valence-corrected chi connectivity index (χ2v) is 6.92. The third kappa shape index (κ3) is 3.09. The van der Waals surface area contributed by atoms with Crippen LogP contribution in [0.15, 0.2) is 71.8 Å². The number of benzene rings is 3. The maximum atomic E-state index is 12.4. The molecule has 1 atom stereocenters. The summed E-state index contributed by atoms with van der Waals surface area (Å²) < 4.78 is 0. The van der Waals surface area contributed by atoms with Crippen molar-refractivity contribution in [2.75, 3.05) is 5.88 Å². The van der Waals surface area contributed by atoms with Crippen LogP contribution in [0.1, 0.15) is 23.6 Å². The van der Waals surface area contributed by atoms with Crippen molar-refractivity contribution in [2.45, 2.75) is 12.5 Å².